The standard InChI is InChI=1S/C15H19F3N4.C9H10ClN3/c16-15(17,18)10-2-1-6-22(8-10)13-4-3-12-14(20-13)19-11-5-7-21(12)9-11;10-8-2-1-7-9(12-8)11-6-3-4-13(7)5-6/h3-4,10-11H,1-2,5-9H2,(H,19,20);1-2,6H,3-5H2,(H,11,12)/t10?,11-;6-/m00/s1. The third kappa shape index (κ3) is 4.52. The van der Waals surface area contributed by atoms with Crippen molar-refractivity contribution in [1.82, 2.24) is 9.97 Å². The maximum absolute atomic E-state index is 12.9. The second kappa shape index (κ2) is 8.80. The molecule has 2 aromatic rings. The highest BCUT2D eigenvalue weighted by Gasteiger charge is 2.42. The first-order chi connectivity index (χ1) is 16.8. The molecule has 7 nitrogen and oxygen atoms in total. The monoisotopic (exact) mass is 507 g/mol. The van der Waals surface area contributed by atoms with E-state index in [1.54, 1.807) is 4.90 Å². The fourth-order valence-electron chi connectivity index (χ4n) is 5.80. The van der Waals surface area contributed by atoms with Gasteiger partial charge in [0.25, 0.3) is 0 Å². The van der Waals surface area contributed by atoms with E-state index in [4.69, 9.17) is 11.6 Å². The Morgan fingerprint density at radius 2 is 1.40 bits per heavy atom. The van der Waals surface area contributed by atoms with E-state index in [9.17, 15) is 13.2 Å². The van der Waals surface area contributed by atoms with Gasteiger partial charge in [-0.15, -0.1) is 0 Å². The van der Waals surface area contributed by atoms with Crippen molar-refractivity contribution in [3.8, 4) is 0 Å². The summed E-state index contributed by atoms with van der Waals surface area (Å²) in [5.74, 6) is 1.18. The van der Waals surface area contributed by atoms with Crippen LogP contribution >= 0.6 is 11.6 Å². The Kier molecular flexibility index (Phi) is 5.74. The number of nitrogens with zero attached hydrogens (tertiary/aromatic N) is 5. The predicted octanol–water partition coefficient (Wildman–Crippen LogP) is 4.60. The van der Waals surface area contributed by atoms with Gasteiger partial charge >= 0.3 is 6.18 Å². The van der Waals surface area contributed by atoms with Gasteiger partial charge in [-0.25, -0.2) is 9.97 Å². The van der Waals surface area contributed by atoms with Gasteiger partial charge in [-0.3, -0.25) is 0 Å². The molecule has 7 rings (SSSR count). The van der Waals surface area contributed by atoms with Crippen molar-refractivity contribution in [2.24, 2.45) is 5.92 Å². The van der Waals surface area contributed by atoms with Crippen LogP contribution in [0.15, 0.2) is 24.3 Å². The zero-order valence-corrected chi connectivity index (χ0v) is 20.1. The molecule has 5 aliphatic rings. The van der Waals surface area contributed by atoms with Gasteiger partial charge in [-0.05, 0) is 49.9 Å². The van der Waals surface area contributed by atoms with Crippen LogP contribution < -0.4 is 25.3 Å². The first kappa shape index (κ1) is 22.8. The molecule has 0 amide bonds. The largest absolute Gasteiger partial charge is 0.393 e. The molecule has 3 saturated heterocycles. The number of halogens is 4. The molecule has 3 fully saturated rings. The molecule has 0 aliphatic carbocycles. The van der Waals surface area contributed by atoms with Crippen molar-refractivity contribution >= 4 is 40.4 Å². The molecule has 0 saturated carbocycles. The maximum Gasteiger partial charge on any atom is 0.393 e. The fourth-order valence-corrected chi connectivity index (χ4v) is 5.95. The minimum Gasteiger partial charge on any atom is -0.366 e. The lowest BCUT2D eigenvalue weighted by atomic mass is 9.97. The van der Waals surface area contributed by atoms with Crippen LogP contribution in [0.2, 0.25) is 5.15 Å². The third-order valence-electron chi connectivity index (χ3n) is 7.65. The molecule has 4 bridgehead atoms. The molecular formula is C24H29ClF3N7. The summed E-state index contributed by atoms with van der Waals surface area (Å²) in [4.78, 5) is 15.3. The van der Waals surface area contributed by atoms with Crippen LogP contribution in [0.3, 0.4) is 0 Å². The summed E-state index contributed by atoms with van der Waals surface area (Å²) in [6.07, 6.45) is -1.04. The summed E-state index contributed by atoms with van der Waals surface area (Å²) in [5, 5.41) is 7.36. The van der Waals surface area contributed by atoms with Crippen LogP contribution in [0, 0.1) is 5.92 Å². The lowest BCUT2D eigenvalue weighted by Gasteiger charge is -2.35. The lowest BCUT2D eigenvalue weighted by Crippen LogP contribution is -2.42. The maximum atomic E-state index is 12.9. The van der Waals surface area contributed by atoms with Crippen molar-refractivity contribution < 1.29 is 13.2 Å². The number of hydrogen-bond donors (Lipinski definition) is 2. The zero-order valence-electron chi connectivity index (χ0n) is 19.4. The minimum absolute atomic E-state index is 0.0163. The molecule has 5 aliphatic heterocycles. The number of hydrogen-bond acceptors (Lipinski definition) is 7. The van der Waals surface area contributed by atoms with Crippen LogP contribution in [0.4, 0.5) is 42.0 Å². The van der Waals surface area contributed by atoms with Crippen molar-refractivity contribution in [2.45, 2.75) is 43.9 Å². The van der Waals surface area contributed by atoms with Crippen molar-refractivity contribution in [2.75, 3.05) is 64.6 Å². The first-order valence-corrected chi connectivity index (χ1v) is 12.7. The molecule has 1 unspecified atom stereocenters. The summed E-state index contributed by atoms with van der Waals surface area (Å²) in [6, 6.07) is 8.72. The van der Waals surface area contributed by atoms with E-state index in [1.165, 1.54) is 12.1 Å². The molecule has 7 heterocycles. The number of piperidine rings is 1. The summed E-state index contributed by atoms with van der Waals surface area (Å²) >= 11 is 5.82. The number of alkyl halides is 3. The zero-order chi connectivity index (χ0) is 24.2. The lowest BCUT2D eigenvalue weighted by molar-refractivity contribution is -0.176. The highest BCUT2D eigenvalue weighted by Crippen LogP contribution is 2.38. The van der Waals surface area contributed by atoms with E-state index in [-0.39, 0.29) is 13.0 Å². The summed E-state index contributed by atoms with van der Waals surface area (Å²) in [5.41, 5.74) is 2.26. The normalized spacial score (nSPS) is 26.3. The SMILES string of the molecule is Clc1ccc2c(n1)N[C@H]1CCN2C1.FC(F)(F)C1CCCN(c2ccc3c(n2)N[C@H]2CCN3C2)C1. The number of aromatic nitrogens is 2. The molecule has 35 heavy (non-hydrogen) atoms. The van der Waals surface area contributed by atoms with Crippen LogP contribution in [0.5, 0.6) is 0 Å². The van der Waals surface area contributed by atoms with E-state index in [1.807, 2.05) is 24.3 Å². The Morgan fingerprint density at radius 3 is 2.06 bits per heavy atom. The number of nitrogens with one attached hydrogen (secondary N) is 2. The van der Waals surface area contributed by atoms with Gasteiger partial charge in [0.2, 0.25) is 0 Å². The molecule has 11 heteroatoms. The van der Waals surface area contributed by atoms with Gasteiger partial charge in [-0.2, -0.15) is 13.2 Å². The predicted molar refractivity (Wildman–Crippen MR) is 133 cm³/mol. The molecule has 2 aromatic heterocycles. The smallest absolute Gasteiger partial charge is 0.366 e. The highest BCUT2D eigenvalue weighted by atomic mass is 35.5. The van der Waals surface area contributed by atoms with Crippen molar-refractivity contribution in [3.63, 3.8) is 0 Å². The second-order valence-corrected chi connectivity index (χ2v) is 10.4. The molecule has 0 aromatic carbocycles. The summed E-state index contributed by atoms with van der Waals surface area (Å²) in [6.45, 7) is 4.91. The van der Waals surface area contributed by atoms with Gasteiger partial charge in [0.05, 0.1) is 17.3 Å². The third-order valence-corrected chi connectivity index (χ3v) is 7.86. The number of pyridine rings is 2. The molecule has 3 atom stereocenters. The number of anilines is 5. The molecule has 0 radical (unpaired) electrons. The Morgan fingerprint density at radius 1 is 0.771 bits per heavy atom. The first-order valence-electron chi connectivity index (χ1n) is 12.4. The van der Waals surface area contributed by atoms with Crippen LogP contribution in [0.25, 0.3) is 0 Å². The van der Waals surface area contributed by atoms with E-state index < -0.39 is 12.1 Å². The van der Waals surface area contributed by atoms with Gasteiger partial charge in [0, 0.05) is 51.4 Å². The topological polar surface area (TPSA) is 59.6 Å². The Labute approximate surface area is 207 Å². The average Bonchev–Trinajstić information content (AvgIpc) is 3.42. The summed E-state index contributed by atoms with van der Waals surface area (Å²) in [7, 11) is 0. The summed E-state index contributed by atoms with van der Waals surface area (Å²) < 4.78 is 38.8. The van der Waals surface area contributed by atoms with Crippen LogP contribution in [-0.2, 0) is 0 Å². The minimum atomic E-state index is -4.12. The second-order valence-electron chi connectivity index (χ2n) is 10.0. The molecular weight excluding hydrogens is 479 g/mol. The van der Waals surface area contributed by atoms with Crippen molar-refractivity contribution in [1.29, 1.82) is 0 Å². The number of rotatable bonds is 1. The van der Waals surface area contributed by atoms with Gasteiger partial charge in [0.1, 0.15) is 11.0 Å². The van der Waals surface area contributed by atoms with Crippen LogP contribution in [0.1, 0.15) is 25.7 Å². The van der Waals surface area contributed by atoms with E-state index in [2.05, 4.69) is 30.4 Å². The van der Waals surface area contributed by atoms with Crippen molar-refractivity contribution in [3.05, 3.63) is 29.4 Å². The van der Waals surface area contributed by atoms with E-state index in [0.717, 1.165) is 49.9 Å². The Bertz CT molecular complexity index is 1100. The molecule has 188 valence electrons. The Hall–Kier alpha value is -2.62. The molecule has 2 N–H and O–H groups in total. The van der Waals surface area contributed by atoms with Gasteiger partial charge in [-0.1, -0.05) is 11.6 Å². The average molecular weight is 508 g/mol. The van der Waals surface area contributed by atoms with Gasteiger partial charge in [0.15, 0.2) is 11.6 Å². The van der Waals surface area contributed by atoms with E-state index >= 15 is 0 Å². The fraction of sp³-hybridized carbons (Fsp3) is 0.583. The number of fused-ring (bicyclic) bond motifs is 8. The molecule has 0 spiro atoms. The highest BCUT2D eigenvalue weighted by molar-refractivity contribution is 6.29. The van der Waals surface area contributed by atoms with Gasteiger partial charge < -0.3 is 25.3 Å². The van der Waals surface area contributed by atoms with E-state index in [0.29, 0.717) is 36.0 Å². The Balaban J connectivity index is 0.000000149. The quantitative estimate of drug-likeness (QED) is 0.547. The van der Waals surface area contributed by atoms with Crippen LogP contribution in [-0.4, -0.2) is 67.5 Å².